The van der Waals surface area contributed by atoms with Crippen LogP contribution < -0.4 is 10.6 Å². The van der Waals surface area contributed by atoms with E-state index in [-0.39, 0.29) is 23.3 Å². The maximum atomic E-state index is 14.0. The largest absolute Gasteiger partial charge is 0.410 e. The first kappa shape index (κ1) is 26.8. The maximum absolute atomic E-state index is 14.0. The zero-order valence-electron chi connectivity index (χ0n) is 21.1. The fraction of sp³-hybridized carbons (Fsp3) is 0.444. The van der Waals surface area contributed by atoms with Gasteiger partial charge in [-0.15, -0.1) is 11.3 Å². The first-order valence-electron chi connectivity index (χ1n) is 12.4. The Balaban J connectivity index is 1.42. The number of carbonyl (C=O) groups is 1. The van der Waals surface area contributed by atoms with E-state index in [0.29, 0.717) is 22.0 Å². The summed E-state index contributed by atoms with van der Waals surface area (Å²) >= 11 is 4.73. The average molecular weight is 607 g/mol. The molecular weight excluding hydrogens is 579 g/mol. The number of hydrogen-bond acceptors (Lipinski definition) is 5. The number of rotatable bonds is 3. The zero-order chi connectivity index (χ0) is 27.4. The zero-order valence-corrected chi connectivity index (χ0v) is 23.5. The molecule has 6 nitrogen and oxygen atoms in total. The Labute approximate surface area is 231 Å². The Bertz CT molecular complexity index is 1410. The second-order valence-corrected chi connectivity index (χ2v) is 13.0. The topological polar surface area (TPSA) is 82.7 Å². The van der Waals surface area contributed by atoms with Crippen LogP contribution in [0.5, 0.6) is 0 Å². The number of carbonyl (C=O) groups excluding carboxylic acids is 1. The van der Waals surface area contributed by atoms with Gasteiger partial charge in [-0.2, -0.15) is 23.5 Å². The summed E-state index contributed by atoms with van der Waals surface area (Å²) in [6.45, 7) is 6.61. The van der Waals surface area contributed by atoms with Crippen molar-refractivity contribution in [2.24, 2.45) is 11.3 Å². The number of nitrogens with zero attached hydrogens (tertiary/aromatic N) is 3. The molecule has 0 saturated carbocycles. The molecule has 3 aromatic rings. The molecule has 3 unspecified atom stereocenters. The number of hydrogen-bond donors (Lipinski definition) is 2. The van der Waals surface area contributed by atoms with Crippen LogP contribution in [-0.4, -0.2) is 21.9 Å². The predicted octanol–water partition coefficient (Wildman–Crippen LogP) is 7.64. The van der Waals surface area contributed by atoms with E-state index < -0.39 is 24.2 Å². The van der Waals surface area contributed by atoms with Gasteiger partial charge in [0.15, 0.2) is 11.7 Å². The Morgan fingerprint density at radius 2 is 1.97 bits per heavy atom. The van der Waals surface area contributed by atoms with Gasteiger partial charge in [0.2, 0.25) is 0 Å². The SMILES string of the molecule is CC(C)(C)C1CCc2c(sc(NC(=O)c3cc4n(n3)C(C(F)(F)F)CC(c3ccc(Br)cc3)N4)c2C#N)C1. The highest BCUT2D eigenvalue weighted by atomic mass is 79.9. The lowest BCUT2D eigenvalue weighted by Crippen LogP contribution is -2.35. The van der Waals surface area contributed by atoms with Crippen molar-refractivity contribution in [3.8, 4) is 6.07 Å². The molecule has 2 N–H and O–H groups in total. The van der Waals surface area contributed by atoms with Gasteiger partial charge in [-0.1, -0.05) is 48.8 Å². The molecular formula is C27H27BrF3N5OS. The monoisotopic (exact) mass is 605 g/mol. The smallest absolute Gasteiger partial charge is 0.363 e. The number of thiophene rings is 1. The van der Waals surface area contributed by atoms with Crippen LogP contribution in [0, 0.1) is 22.7 Å². The van der Waals surface area contributed by atoms with Crippen molar-refractivity contribution in [1.82, 2.24) is 9.78 Å². The molecule has 200 valence electrons. The van der Waals surface area contributed by atoms with Crippen LogP contribution in [0.2, 0.25) is 0 Å². The van der Waals surface area contributed by atoms with E-state index in [0.717, 1.165) is 38.9 Å². The first-order valence-corrected chi connectivity index (χ1v) is 14.0. The standard InChI is InChI=1S/C27H27BrF3N5OS/c1-26(2,3)15-6-9-17-18(13-32)25(38-21(17)10-15)34-24(37)20-12-23-33-19(14-4-7-16(28)8-5-14)11-22(27(29,30)31)36(23)35-20/h4-5,7-8,12,15,19,22,33H,6,9-11H2,1-3H3,(H,34,37). The molecule has 0 bridgehead atoms. The van der Waals surface area contributed by atoms with Gasteiger partial charge >= 0.3 is 6.18 Å². The third-order valence-corrected chi connectivity index (χ3v) is 9.22. The number of anilines is 2. The van der Waals surface area contributed by atoms with Gasteiger partial charge in [0.05, 0.1) is 11.6 Å². The molecule has 0 fully saturated rings. The second kappa shape index (κ2) is 9.72. The van der Waals surface area contributed by atoms with E-state index in [9.17, 15) is 23.2 Å². The van der Waals surface area contributed by atoms with Crippen molar-refractivity contribution in [3.63, 3.8) is 0 Å². The highest BCUT2D eigenvalue weighted by Gasteiger charge is 2.47. The van der Waals surface area contributed by atoms with E-state index >= 15 is 0 Å². The summed E-state index contributed by atoms with van der Waals surface area (Å²) in [4.78, 5) is 14.3. The van der Waals surface area contributed by atoms with Crippen molar-refractivity contribution >= 4 is 44.0 Å². The van der Waals surface area contributed by atoms with E-state index in [4.69, 9.17) is 0 Å². The minimum absolute atomic E-state index is 0.121. The van der Waals surface area contributed by atoms with Crippen molar-refractivity contribution in [3.05, 3.63) is 62.1 Å². The van der Waals surface area contributed by atoms with Gasteiger partial charge in [-0.25, -0.2) is 4.68 Å². The number of aromatic nitrogens is 2. The number of alkyl halides is 3. The summed E-state index contributed by atoms with van der Waals surface area (Å²) in [7, 11) is 0. The summed E-state index contributed by atoms with van der Waals surface area (Å²) in [5, 5.41) is 20.2. The molecule has 0 spiro atoms. The van der Waals surface area contributed by atoms with Crippen LogP contribution in [0.1, 0.15) is 77.8 Å². The Kier molecular flexibility index (Phi) is 6.84. The third kappa shape index (κ3) is 5.08. The summed E-state index contributed by atoms with van der Waals surface area (Å²) < 4.78 is 43.8. The van der Waals surface area contributed by atoms with Crippen LogP contribution in [0.3, 0.4) is 0 Å². The van der Waals surface area contributed by atoms with Crippen LogP contribution >= 0.6 is 27.3 Å². The van der Waals surface area contributed by atoms with Crippen molar-refractivity contribution < 1.29 is 18.0 Å². The number of fused-ring (bicyclic) bond motifs is 2. The van der Waals surface area contributed by atoms with Crippen molar-refractivity contribution in [1.29, 1.82) is 5.26 Å². The van der Waals surface area contributed by atoms with Crippen molar-refractivity contribution in [2.45, 2.75) is 64.7 Å². The number of halogens is 4. The average Bonchev–Trinajstić information content (AvgIpc) is 3.43. The number of nitriles is 1. The van der Waals surface area contributed by atoms with E-state index in [1.165, 1.54) is 17.4 Å². The van der Waals surface area contributed by atoms with Gasteiger partial charge in [0, 0.05) is 21.8 Å². The molecule has 1 aliphatic carbocycles. The molecule has 0 saturated heterocycles. The summed E-state index contributed by atoms with van der Waals surface area (Å²) in [6.07, 6.45) is -2.24. The van der Waals surface area contributed by atoms with Crippen molar-refractivity contribution in [2.75, 3.05) is 10.6 Å². The quantitative estimate of drug-likeness (QED) is 0.321. The highest BCUT2D eigenvalue weighted by Crippen LogP contribution is 2.45. The lowest BCUT2D eigenvalue weighted by molar-refractivity contribution is -0.173. The van der Waals surface area contributed by atoms with E-state index in [2.05, 4.69) is 58.5 Å². The minimum atomic E-state index is -4.55. The molecule has 0 radical (unpaired) electrons. The molecule has 2 aromatic heterocycles. The summed E-state index contributed by atoms with van der Waals surface area (Å²) in [5.41, 5.74) is 2.10. The van der Waals surface area contributed by atoms with Gasteiger partial charge in [0.25, 0.3) is 5.91 Å². The molecule has 1 aromatic carbocycles. The molecule has 1 aliphatic heterocycles. The van der Waals surface area contributed by atoms with Crippen LogP contribution in [0.25, 0.3) is 0 Å². The number of nitrogens with one attached hydrogen (secondary N) is 2. The second-order valence-electron chi connectivity index (χ2n) is 11.0. The fourth-order valence-electron chi connectivity index (χ4n) is 5.30. The number of amides is 1. The molecule has 1 amide bonds. The fourth-order valence-corrected chi connectivity index (χ4v) is 6.83. The van der Waals surface area contributed by atoms with Gasteiger partial charge < -0.3 is 10.6 Å². The summed E-state index contributed by atoms with van der Waals surface area (Å²) in [6, 6.07) is 8.17. The summed E-state index contributed by atoms with van der Waals surface area (Å²) in [5.74, 6) is -0.0550. The normalized spacial score (nSPS) is 21.2. The lowest BCUT2D eigenvalue weighted by Gasteiger charge is -2.33. The van der Waals surface area contributed by atoms with E-state index in [1.54, 1.807) is 24.3 Å². The molecule has 5 rings (SSSR count). The first-order chi connectivity index (χ1) is 17.8. The van der Waals surface area contributed by atoms with E-state index in [1.807, 2.05) is 0 Å². The molecule has 3 heterocycles. The van der Waals surface area contributed by atoms with Crippen LogP contribution in [0.4, 0.5) is 24.0 Å². The number of benzene rings is 1. The molecule has 11 heteroatoms. The Hall–Kier alpha value is -2.84. The Morgan fingerprint density at radius 1 is 1.26 bits per heavy atom. The van der Waals surface area contributed by atoms with Gasteiger partial charge in [-0.05, 0) is 53.9 Å². The third-order valence-electron chi connectivity index (χ3n) is 7.52. The van der Waals surface area contributed by atoms with Crippen LogP contribution in [0.15, 0.2) is 34.8 Å². The Morgan fingerprint density at radius 3 is 2.61 bits per heavy atom. The van der Waals surface area contributed by atoms with Gasteiger partial charge in [0.1, 0.15) is 16.9 Å². The lowest BCUT2D eigenvalue weighted by atomic mass is 9.72. The van der Waals surface area contributed by atoms with Gasteiger partial charge in [-0.3, -0.25) is 4.79 Å². The van der Waals surface area contributed by atoms with Crippen LogP contribution in [-0.2, 0) is 12.8 Å². The highest BCUT2D eigenvalue weighted by molar-refractivity contribution is 9.10. The molecule has 2 aliphatic rings. The maximum Gasteiger partial charge on any atom is 0.410 e. The molecule has 3 atom stereocenters. The molecule has 38 heavy (non-hydrogen) atoms. The predicted molar refractivity (Wildman–Crippen MR) is 144 cm³/mol. The minimum Gasteiger partial charge on any atom is -0.363 e.